The number of hydrogen-bond acceptors (Lipinski definition) is 2. The molecule has 3 rings (SSSR count). The van der Waals surface area contributed by atoms with Gasteiger partial charge in [0.15, 0.2) is 6.29 Å². The normalized spacial score (nSPS) is 10.9. The van der Waals surface area contributed by atoms with Gasteiger partial charge in [-0.3, -0.25) is 4.79 Å². The molecular formula is C18H15BrClNO2. The molecule has 0 spiro atoms. The molecule has 0 fully saturated rings. The quantitative estimate of drug-likeness (QED) is 0.419. The van der Waals surface area contributed by atoms with Crippen LogP contribution < -0.4 is 4.74 Å². The van der Waals surface area contributed by atoms with Gasteiger partial charge in [0.25, 0.3) is 0 Å². The van der Waals surface area contributed by atoms with Crippen LogP contribution in [-0.4, -0.2) is 17.5 Å². The maximum absolute atomic E-state index is 11.2. The first kappa shape index (κ1) is 16.1. The third-order valence-electron chi connectivity index (χ3n) is 3.64. The van der Waals surface area contributed by atoms with Gasteiger partial charge in [-0.15, -0.1) is 0 Å². The van der Waals surface area contributed by atoms with Crippen molar-refractivity contribution in [1.29, 1.82) is 0 Å². The van der Waals surface area contributed by atoms with E-state index in [-0.39, 0.29) is 0 Å². The summed E-state index contributed by atoms with van der Waals surface area (Å²) in [6, 6.07) is 13.4. The average Bonchev–Trinajstić information content (AvgIpc) is 2.90. The number of rotatable bonds is 6. The van der Waals surface area contributed by atoms with Crippen LogP contribution in [0.1, 0.15) is 16.8 Å². The molecule has 3 aromatic rings. The summed E-state index contributed by atoms with van der Waals surface area (Å²) in [5, 5.41) is 1.58. The van der Waals surface area contributed by atoms with E-state index in [4.69, 9.17) is 16.3 Å². The smallest absolute Gasteiger partial charge is 0.152 e. The van der Waals surface area contributed by atoms with E-state index < -0.39 is 0 Å². The number of fused-ring (bicyclic) bond motifs is 1. The largest absolute Gasteiger partial charge is 0.492 e. The Balaban J connectivity index is 1.68. The van der Waals surface area contributed by atoms with E-state index in [1.807, 2.05) is 48.7 Å². The van der Waals surface area contributed by atoms with Crippen molar-refractivity contribution in [2.45, 2.75) is 13.0 Å². The number of aryl methyl sites for hydroxylation is 1. The Kier molecular flexibility index (Phi) is 5.03. The number of carbonyl (C=O) groups is 1. The summed E-state index contributed by atoms with van der Waals surface area (Å²) in [5.41, 5.74) is 1.75. The molecule has 0 atom stereocenters. The summed E-state index contributed by atoms with van der Waals surface area (Å²) >= 11 is 9.51. The van der Waals surface area contributed by atoms with E-state index in [2.05, 4.69) is 20.5 Å². The van der Waals surface area contributed by atoms with Crippen molar-refractivity contribution >= 4 is 44.7 Å². The zero-order chi connectivity index (χ0) is 16.2. The zero-order valence-corrected chi connectivity index (χ0v) is 14.7. The Hall–Kier alpha value is -1.78. The lowest BCUT2D eigenvalue weighted by atomic mass is 10.2. The van der Waals surface area contributed by atoms with Gasteiger partial charge in [-0.25, -0.2) is 0 Å². The van der Waals surface area contributed by atoms with Gasteiger partial charge in [-0.2, -0.15) is 0 Å². The third-order valence-corrected chi connectivity index (χ3v) is 4.44. The molecule has 5 heteroatoms. The minimum Gasteiger partial charge on any atom is -0.492 e. The topological polar surface area (TPSA) is 31.2 Å². The highest BCUT2D eigenvalue weighted by Gasteiger charge is 2.08. The van der Waals surface area contributed by atoms with Crippen LogP contribution in [0.25, 0.3) is 10.9 Å². The molecule has 118 valence electrons. The van der Waals surface area contributed by atoms with Crippen LogP contribution in [0.15, 0.2) is 53.1 Å². The predicted molar refractivity (Wildman–Crippen MR) is 96.6 cm³/mol. The van der Waals surface area contributed by atoms with E-state index in [1.165, 1.54) is 0 Å². The van der Waals surface area contributed by atoms with Crippen LogP contribution >= 0.6 is 27.5 Å². The van der Waals surface area contributed by atoms with Crippen molar-refractivity contribution in [2.75, 3.05) is 6.61 Å². The lowest BCUT2D eigenvalue weighted by Gasteiger charge is -2.09. The van der Waals surface area contributed by atoms with Crippen LogP contribution in [-0.2, 0) is 6.54 Å². The van der Waals surface area contributed by atoms with Gasteiger partial charge in [0, 0.05) is 33.7 Å². The molecule has 0 aliphatic heterocycles. The van der Waals surface area contributed by atoms with Gasteiger partial charge >= 0.3 is 0 Å². The molecule has 0 bridgehead atoms. The van der Waals surface area contributed by atoms with Crippen molar-refractivity contribution < 1.29 is 9.53 Å². The van der Waals surface area contributed by atoms with E-state index in [9.17, 15) is 4.79 Å². The molecule has 0 N–H and O–H groups in total. The monoisotopic (exact) mass is 391 g/mol. The van der Waals surface area contributed by atoms with Gasteiger partial charge < -0.3 is 9.30 Å². The molecule has 0 amide bonds. The molecule has 0 unspecified atom stereocenters. The lowest BCUT2D eigenvalue weighted by Crippen LogP contribution is -2.04. The summed E-state index contributed by atoms with van der Waals surface area (Å²) in [7, 11) is 0. The highest BCUT2D eigenvalue weighted by Crippen LogP contribution is 2.25. The Morgan fingerprint density at radius 2 is 2.04 bits per heavy atom. The number of hydrogen-bond donors (Lipinski definition) is 0. The summed E-state index contributed by atoms with van der Waals surface area (Å²) in [6.45, 7) is 1.34. The van der Waals surface area contributed by atoms with Gasteiger partial charge in [-0.05, 0) is 36.8 Å². The molecule has 0 aliphatic carbocycles. The van der Waals surface area contributed by atoms with Crippen LogP contribution in [0, 0.1) is 0 Å². The van der Waals surface area contributed by atoms with Crippen LogP contribution in [0.4, 0.5) is 0 Å². The van der Waals surface area contributed by atoms with E-state index >= 15 is 0 Å². The van der Waals surface area contributed by atoms with E-state index in [0.717, 1.165) is 34.6 Å². The molecule has 0 radical (unpaired) electrons. The molecule has 23 heavy (non-hydrogen) atoms. The highest BCUT2D eigenvalue weighted by atomic mass is 79.9. The predicted octanol–water partition coefficient (Wildman–Crippen LogP) is 5.34. The first-order valence-corrected chi connectivity index (χ1v) is 8.47. The zero-order valence-electron chi connectivity index (χ0n) is 12.3. The molecule has 1 heterocycles. The molecule has 0 saturated heterocycles. The number of halogens is 2. The molecule has 0 saturated carbocycles. The van der Waals surface area contributed by atoms with Crippen molar-refractivity contribution in [3.8, 4) is 5.75 Å². The fourth-order valence-electron chi connectivity index (χ4n) is 2.55. The van der Waals surface area contributed by atoms with Gasteiger partial charge in [-0.1, -0.05) is 39.7 Å². The second-order valence-corrected chi connectivity index (χ2v) is 6.51. The standard InChI is InChI=1S/C18H15BrClNO2/c19-14-6-7-17-15(10-14)13(12-22)11-21(17)8-3-9-23-18-5-2-1-4-16(18)20/h1-2,4-7,10-12H,3,8-9H2. The van der Waals surface area contributed by atoms with E-state index in [1.54, 1.807) is 0 Å². The molecule has 1 aromatic heterocycles. The number of nitrogens with zero attached hydrogens (tertiary/aromatic N) is 1. The van der Waals surface area contributed by atoms with Crippen LogP contribution in [0.2, 0.25) is 5.02 Å². The first-order chi connectivity index (χ1) is 11.2. The summed E-state index contributed by atoms with van der Waals surface area (Å²) < 4.78 is 8.75. The van der Waals surface area contributed by atoms with Crippen LogP contribution in [0.3, 0.4) is 0 Å². The molecule has 0 aliphatic rings. The Morgan fingerprint density at radius 1 is 1.22 bits per heavy atom. The van der Waals surface area contributed by atoms with Crippen molar-refractivity contribution in [1.82, 2.24) is 4.57 Å². The third kappa shape index (κ3) is 3.59. The summed E-state index contributed by atoms with van der Waals surface area (Å²) in [5.74, 6) is 0.698. The fourth-order valence-corrected chi connectivity index (χ4v) is 3.11. The molecule has 3 nitrogen and oxygen atoms in total. The SMILES string of the molecule is O=Cc1cn(CCCOc2ccccc2Cl)c2ccc(Br)cc12. The Bertz CT molecular complexity index is 844. The Morgan fingerprint density at radius 3 is 2.83 bits per heavy atom. The van der Waals surface area contributed by atoms with Crippen molar-refractivity contribution in [2.24, 2.45) is 0 Å². The number of benzene rings is 2. The number of ether oxygens (including phenoxy) is 1. The Labute approximate surface area is 147 Å². The first-order valence-electron chi connectivity index (χ1n) is 7.30. The highest BCUT2D eigenvalue weighted by molar-refractivity contribution is 9.10. The van der Waals surface area contributed by atoms with Gasteiger partial charge in [0.1, 0.15) is 5.75 Å². The minimum atomic E-state index is 0.566. The maximum atomic E-state index is 11.2. The van der Waals surface area contributed by atoms with Gasteiger partial charge in [0.2, 0.25) is 0 Å². The molecule has 2 aromatic carbocycles. The second kappa shape index (κ2) is 7.20. The van der Waals surface area contributed by atoms with E-state index in [0.29, 0.717) is 22.9 Å². The van der Waals surface area contributed by atoms with Gasteiger partial charge in [0.05, 0.1) is 11.6 Å². The number of para-hydroxylation sites is 1. The summed E-state index contributed by atoms with van der Waals surface area (Å²) in [6.07, 6.45) is 3.61. The number of aromatic nitrogens is 1. The number of carbonyl (C=O) groups excluding carboxylic acids is 1. The van der Waals surface area contributed by atoms with Crippen molar-refractivity contribution in [3.63, 3.8) is 0 Å². The second-order valence-electron chi connectivity index (χ2n) is 5.19. The summed E-state index contributed by atoms with van der Waals surface area (Å²) in [4.78, 5) is 11.2. The fraction of sp³-hybridized carbons (Fsp3) is 0.167. The number of aldehydes is 1. The van der Waals surface area contributed by atoms with Crippen molar-refractivity contribution in [3.05, 3.63) is 63.7 Å². The lowest BCUT2D eigenvalue weighted by molar-refractivity contribution is 0.112. The average molecular weight is 393 g/mol. The minimum absolute atomic E-state index is 0.566. The molecular weight excluding hydrogens is 378 g/mol. The van der Waals surface area contributed by atoms with Crippen LogP contribution in [0.5, 0.6) is 5.75 Å². The maximum Gasteiger partial charge on any atom is 0.152 e.